The number of aliphatic hydroxyl groups is 1. The zero-order chi connectivity index (χ0) is 27.2. The Morgan fingerprint density at radius 3 is 2.76 bits per heavy atom. The van der Waals surface area contributed by atoms with Gasteiger partial charge in [0.2, 0.25) is 0 Å². The first kappa shape index (κ1) is 25.7. The number of urea groups is 1. The molecule has 2 aliphatic heterocycles. The number of benzene rings is 1. The lowest BCUT2D eigenvalue weighted by molar-refractivity contribution is 0.00703. The number of carbonyl (C=O) groups excluding carboxylic acids is 2. The number of aliphatic hydroxyl groups excluding tert-OH is 1. The summed E-state index contributed by atoms with van der Waals surface area (Å²) in [4.78, 5) is 35.5. The summed E-state index contributed by atoms with van der Waals surface area (Å²) >= 11 is 0. The predicted octanol–water partition coefficient (Wildman–Crippen LogP) is 3.12. The number of ether oxygens (including phenoxy) is 1. The van der Waals surface area contributed by atoms with Gasteiger partial charge in [0.25, 0.3) is 0 Å². The van der Waals surface area contributed by atoms with Crippen LogP contribution in [0.15, 0.2) is 30.6 Å². The molecule has 1 aromatic carbocycles. The lowest BCUT2D eigenvalue weighted by Crippen LogP contribution is -2.57. The van der Waals surface area contributed by atoms with Crippen LogP contribution in [0.5, 0.6) is 0 Å². The first-order valence-electron chi connectivity index (χ1n) is 12.6. The molecule has 0 unspecified atom stereocenters. The van der Waals surface area contributed by atoms with Crippen LogP contribution in [0.4, 0.5) is 31.2 Å². The molecule has 2 aliphatic rings. The number of aromatic nitrogens is 3. The van der Waals surface area contributed by atoms with E-state index in [0.29, 0.717) is 43.9 Å². The average molecular weight is 526 g/mol. The van der Waals surface area contributed by atoms with Crippen LogP contribution in [-0.4, -0.2) is 81.3 Å². The number of carbonyl (C=O) groups is 2. The summed E-state index contributed by atoms with van der Waals surface area (Å²) in [6.45, 7) is 6.95. The molecular weight excluding hydrogens is 493 g/mol. The van der Waals surface area contributed by atoms with Gasteiger partial charge in [-0.3, -0.25) is 14.5 Å². The smallest absolute Gasteiger partial charge is 0.410 e. The average Bonchev–Trinajstić information content (AvgIpc) is 3.45. The van der Waals surface area contributed by atoms with Gasteiger partial charge in [0.15, 0.2) is 0 Å². The Morgan fingerprint density at radius 2 is 2.03 bits per heavy atom. The third-order valence-electron chi connectivity index (χ3n) is 6.71. The molecule has 202 valence electrons. The highest BCUT2D eigenvalue weighted by Gasteiger charge is 2.36. The van der Waals surface area contributed by atoms with Crippen molar-refractivity contribution >= 4 is 40.2 Å². The maximum Gasteiger partial charge on any atom is 0.410 e. The van der Waals surface area contributed by atoms with Crippen molar-refractivity contribution in [1.82, 2.24) is 19.7 Å². The number of nitrogens with one attached hydrogen (secondary N) is 1. The molecule has 1 saturated heterocycles. The molecule has 1 atom stereocenters. The maximum absolute atomic E-state index is 14.7. The fourth-order valence-corrected chi connectivity index (χ4v) is 5.01. The number of fused-ring (bicyclic) bond motifs is 2. The Labute approximate surface area is 219 Å². The van der Waals surface area contributed by atoms with Crippen LogP contribution in [0.2, 0.25) is 0 Å². The van der Waals surface area contributed by atoms with E-state index in [1.54, 1.807) is 35.1 Å². The van der Waals surface area contributed by atoms with Gasteiger partial charge in [-0.1, -0.05) is 0 Å². The van der Waals surface area contributed by atoms with Gasteiger partial charge in [-0.25, -0.2) is 19.0 Å². The second-order valence-corrected chi connectivity index (χ2v) is 10.6. The van der Waals surface area contributed by atoms with Crippen molar-refractivity contribution in [3.05, 3.63) is 42.0 Å². The van der Waals surface area contributed by atoms with Crippen molar-refractivity contribution in [1.29, 1.82) is 0 Å². The molecule has 0 spiro atoms. The fraction of sp³-hybridized carbons (Fsp3) is 0.462. The highest BCUT2D eigenvalue weighted by Crippen LogP contribution is 2.35. The van der Waals surface area contributed by atoms with E-state index in [1.165, 1.54) is 11.0 Å². The molecule has 3 amide bonds. The minimum absolute atomic E-state index is 0.0733. The van der Waals surface area contributed by atoms with Crippen LogP contribution in [-0.2, 0) is 18.2 Å². The molecule has 0 radical (unpaired) electrons. The topological polar surface area (TPSA) is 116 Å². The number of rotatable bonds is 3. The highest BCUT2D eigenvalue weighted by molar-refractivity contribution is 6.04. The highest BCUT2D eigenvalue weighted by atomic mass is 19.1. The van der Waals surface area contributed by atoms with E-state index in [9.17, 15) is 19.1 Å². The number of aryl methyl sites for hydroxylation is 1. The number of anilines is 3. The lowest BCUT2D eigenvalue weighted by Gasteiger charge is -2.42. The molecule has 0 saturated carbocycles. The van der Waals surface area contributed by atoms with E-state index in [0.717, 1.165) is 16.6 Å². The normalized spacial score (nSPS) is 17.6. The molecule has 11 nitrogen and oxygen atoms in total. The summed E-state index contributed by atoms with van der Waals surface area (Å²) in [7, 11) is 1.75. The number of hydrogen-bond donors (Lipinski definition) is 2. The summed E-state index contributed by atoms with van der Waals surface area (Å²) in [5.74, 6) is -0.0541. The number of amides is 3. The fourth-order valence-electron chi connectivity index (χ4n) is 5.01. The quantitative estimate of drug-likeness (QED) is 0.540. The minimum atomic E-state index is -0.628. The number of hydrogen-bond acceptors (Lipinski definition) is 7. The van der Waals surface area contributed by atoms with Gasteiger partial charge in [-0.2, -0.15) is 5.10 Å². The van der Waals surface area contributed by atoms with Crippen molar-refractivity contribution in [2.75, 3.05) is 47.9 Å². The molecule has 1 fully saturated rings. The van der Waals surface area contributed by atoms with Gasteiger partial charge in [-0.15, -0.1) is 0 Å². The molecule has 0 bridgehead atoms. The Morgan fingerprint density at radius 1 is 1.24 bits per heavy atom. The molecule has 38 heavy (non-hydrogen) atoms. The zero-order valence-electron chi connectivity index (χ0n) is 21.9. The molecule has 4 heterocycles. The van der Waals surface area contributed by atoms with E-state index >= 15 is 0 Å². The van der Waals surface area contributed by atoms with E-state index in [-0.39, 0.29) is 12.3 Å². The second kappa shape index (κ2) is 9.75. The van der Waals surface area contributed by atoms with E-state index in [1.807, 2.05) is 26.8 Å². The largest absolute Gasteiger partial charge is 0.444 e. The van der Waals surface area contributed by atoms with Gasteiger partial charge in [0, 0.05) is 68.3 Å². The molecule has 3 aromatic rings. The van der Waals surface area contributed by atoms with E-state index < -0.39 is 29.6 Å². The van der Waals surface area contributed by atoms with Crippen LogP contribution in [0, 0.1) is 5.82 Å². The number of piperazine rings is 1. The summed E-state index contributed by atoms with van der Waals surface area (Å²) in [5.41, 5.74) is 1.75. The molecule has 5 rings (SSSR count). The van der Waals surface area contributed by atoms with Crippen molar-refractivity contribution in [3.8, 4) is 0 Å². The van der Waals surface area contributed by atoms with Gasteiger partial charge in [0.1, 0.15) is 17.2 Å². The third-order valence-corrected chi connectivity index (χ3v) is 6.71. The van der Waals surface area contributed by atoms with Crippen molar-refractivity contribution in [2.24, 2.45) is 7.05 Å². The Kier molecular flexibility index (Phi) is 6.59. The Hall–Kier alpha value is -3.93. The van der Waals surface area contributed by atoms with Crippen LogP contribution in [0.1, 0.15) is 26.3 Å². The summed E-state index contributed by atoms with van der Waals surface area (Å²) < 4.78 is 21.8. The van der Waals surface area contributed by atoms with Crippen molar-refractivity contribution < 1.29 is 23.8 Å². The first-order valence-corrected chi connectivity index (χ1v) is 12.6. The Bertz CT molecular complexity index is 1390. The molecule has 2 aromatic heterocycles. The van der Waals surface area contributed by atoms with Crippen LogP contribution < -0.4 is 15.1 Å². The van der Waals surface area contributed by atoms with Crippen molar-refractivity contribution in [2.45, 2.75) is 38.8 Å². The standard InChI is InChI=1S/C26H32FN7O4/c1-26(2,3)38-25(37)33-10-9-32(14-17(33)15-35)22-5-7-28-23-18(22)6-8-34(23)24(36)29-21-11-16-13-31(4)30-20(16)12-19(21)27/h5,7,11-13,17,35H,6,8-10,14-15H2,1-4H3,(H,29,36)/t17-/m1/s1. The lowest BCUT2D eigenvalue weighted by atomic mass is 10.1. The predicted molar refractivity (Wildman–Crippen MR) is 141 cm³/mol. The summed E-state index contributed by atoms with van der Waals surface area (Å²) in [6.07, 6.45) is 3.52. The number of pyridine rings is 1. The van der Waals surface area contributed by atoms with Gasteiger partial charge in [0.05, 0.1) is 23.9 Å². The van der Waals surface area contributed by atoms with Crippen LogP contribution in [0.3, 0.4) is 0 Å². The Balaban J connectivity index is 1.33. The van der Waals surface area contributed by atoms with Gasteiger partial charge in [-0.05, 0) is 39.3 Å². The van der Waals surface area contributed by atoms with Crippen LogP contribution in [0.25, 0.3) is 10.9 Å². The number of halogens is 1. The van der Waals surface area contributed by atoms with E-state index in [4.69, 9.17) is 4.74 Å². The van der Waals surface area contributed by atoms with Crippen molar-refractivity contribution in [3.63, 3.8) is 0 Å². The molecular formula is C26H32FN7O4. The molecule has 12 heteroatoms. The van der Waals surface area contributed by atoms with Gasteiger partial charge < -0.3 is 20.1 Å². The summed E-state index contributed by atoms with van der Waals surface area (Å²) in [6, 6.07) is 3.84. The van der Waals surface area contributed by atoms with Gasteiger partial charge >= 0.3 is 12.1 Å². The second-order valence-electron chi connectivity index (χ2n) is 10.6. The first-order chi connectivity index (χ1) is 18.0. The minimum Gasteiger partial charge on any atom is -0.444 e. The molecule has 0 aliphatic carbocycles. The summed E-state index contributed by atoms with van der Waals surface area (Å²) in [5, 5.41) is 17.6. The monoisotopic (exact) mass is 525 g/mol. The maximum atomic E-state index is 14.7. The third kappa shape index (κ3) is 4.95. The zero-order valence-corrected chi connectivity index (χ0v) is 21.9. The molecule has 2 N–H and O–H groups in total. The SMILES string of the molecule is Cn1cc2cc(NC(=O)N3CCc4c(N5CCN(C(=O)OC(C)(C)C)[C@@H](CO)C5)ccnc43)c(F)cc2n1. The van der Waals surface area contributed by atoms with E-state index in [2.05, 4.69) is 20.3 Å². The van der Waals surface area contributed by atoms with Crippen LogP contribution >= 0.6 is 0 Å². The number of nitrogens with zero attached hydrogens (tertiary/aromatic N) is 6.